The molecular weight excluding hydrogens is 839 g/mol. The molecule has 0 radical (unpaired) electrons. The number of carbonyl (C=O) groups is 2. The summed E-state index contributed by atoms with van der Waals surface area (Å²) in [4.78, 5) is 24.6. The number of rotatable bonds is 56. The van der Waals surface area contributed by atoms with E-state index in [1.54, 1.807) is 6.08 Å². The number of unbranched alkanes of at least 4 members (excludes halogenated alkanes) is 41. The summed E-state index contributed by atoms with van der Waals surface area (Å²) in [6.45, 7) is 4.86. The van der Waals surface area contributed by atoms with Crippen LogP contribution in [0.2, 0.25) is 0 Å². The monoisotopic (exact) mass is 956 g/mol. The maximum Gasteiger partial charge on any atom is 0.305 e. The van der Waals surface area contributed by atoms with Gasteiger partial charge in [0, 0.05) is 12.8 Å². The Morgan fingerprint density at radius 1 is 0.397 bits per heavy atom. The molecule has 68 heavy (non-hydrogen) atoms. The molecule has 0 saturated heterocycles. The normalized spacial score (nSPS) is 12.8. The molecule has 6 nitrogen and oxygen atoms in total. The Morgan fingerprint density at radius 2 is 0.691 bits per heavy atom. The third-order valence-corrected chi connectivity index (χ3v) is 13.9. The van der Waals surface area contributed by atoms with E-state index in [9.17, 15) is 19.8 Å². The molecule has 0 bridgehead atoms. The summed E-state index contributed by atoms with van der Waals surface area (Å²) in [5, 5.41) is 23.2. The molecule has 0 spiro atoms. The van der Waals surface area contributed by atoms with Crippen molar-refractivity contribution in [3.8, 4) is 0 Å². The lowest BCUT2D eigenvalue weighted by Crippen LogP contribution is -2.45. The zero-order valence-corrected chi connectivity index (χ0v) is 45.6. The molecule has 2 atom stereocenters. The predicted molar refractivity (Wildman–Crippen MR) is 296 cm³/mol. The molecule has 6 heteroatoms. The molecule has 0 aliphatic rings. The average Bonchev–Trinajstić information content (AvgIpc) is 3.34. The van der Waals surface area contributed by atoms with Crippen LogP contribution in [0.25, 0.3) is 0 Å². The Kier molecular flexibility index (Phi) is 56.0. The molecule has 0 aromatic rings. The smallest absolute Gasteiger partial charge is 0.305 e. The van der Waals surface area contributed by atoms with Crippen LogP contribution in [0.5, 0.6) is 0 Å². The van der Waals surface area contributed by atoms with E-state index in [2.05, 4.69) is 43.5 Å². The molecule has 0 aliphatic carbocycles. The minimum absolute atomic E-state index is 0.0269. The van der Waals surface area contributed by atoms with E-state index in [1.165, 1.54) is 212 Å². The first-order chi connectivity index (χ1) is 33.5. The number of hydrogen-bond donors (Lipinski definition) is 3. The van der Waals surface area contributed by atoms with Crippen molar-refractivity contribution in [1.82, 2.24) is 5.32 Å². The molecule has 1 amide bonds. The third kappa shape index (κ3) is 53.4. The highest BCUT2D eigenvalue weighted by atomic mass is 16.5. The van der Waals surface area contributed by atoms with E-state index in [1.807, 2.05) is 6.08 Å². The highest BCUT2D eigenvalue weighted by Gasteiger charge is 2.18. The van der Waals surface area contributed by atoms with E-state index < -0.39 is 12.1 Å². The second kappa shape index (κ2) is 57.7. The average molecular weight is 957 g/mol. The zero-order valence-electron chi connectivity index (χ0n) is 45.6. The fraction of sp³-hybridized carbons (Fsp3) is 0.871. The van der Waals surface area contributed by atoms with Gasteiger partial charge in [0.2, 0.25) is 5.91 Å². The zero-order chi connectivity index (χ0) is 49.3. The van der Waals surface area contributed by atoms with Crippen molar-refractivity contribution in [2.24, 2.45) is 0 Å². The molecule has 3 N–H and O–H groups in total. The lowest BCUT2D eigenvalue weighted by molar-refractivity contribution is -0.143. The van der Waals surface area contributed by atoms with Gasteiger partial charge >= 0.3 is 5.97 Å². The lowest BCUT2D eigenvalue weighted by Gasteiger charge is -2.20. The van der Waals surface area contributed by atoms with Gasteiger partial charge < -0.3 is 20.3 Å². The number of hydrogen-bond acceptors (Lipinski definition) is 5. The van der Waals surface area contributed by atoms with Gasteiger partial charge in [0.05, 0.1) is 25.4 Å². The number of aliphatic hydroxyl groups is 2. The largest absolute Gasteiger partial charge is 0.466 e. The van der Waals surface area contributed by atoms with E-state index in [0.717, 1.165) is 83.5 Å². The standard InChI is InChI=1S/C62H117NO5/c1-3-5-7-9-11-13-15-17-19-21-23-24-25-26-28-30-34-38-42-46-50-54-60(65)59(58-64)63-61(66)55-51-47-43-39-35-32-33-37-41-45-49-53-57-68-62(67)56-52-48-44-40-36-31-29-27-22-20-18-16-14-12-10-8-6-4-2/h20,22,33,37,50,54,59-60,64-65H,3-19,21,23-32,34-36,38-49,51-53,55-58H2,1-2H3,(H,63,66)/b22-20-,37-33-,54-50+. The fourth-order valence-electron chi connectivity index (χ4n) is 9.21. The second-order valence-electron chi connectivity index (χ2n) is 20.7. The second-order valence-corrected chi connectivity index (χ2v) is 20.7. The maximum atomic E-state index is 12.5. The number of amides is 1. The summed E-state index contributed by atoms with van der Waals surface area (Å²) in [7, 11) is 0. The van der Waals surface area contributed by atoms with Crippen molar-refractivity contribution in [1.29, 1.82) is 0 Å². The fourth-order valence-corrected chi connectivity index (χ4v) is 9.21. The Morgan fingerprint density at radius 3 is 1.04 bits per heavy atom. The van der Waals surface area contributed by atoms with Crippen molar-refractivity contribution in [3.63, 3.8) is 0 Å². The van der Waals surface area contributed by atoms with E-state index >= 15 is 0 Å². The van der Waals surface area contributed by atoms with Gasteiger partial charge in [0.25, 0.3) is 0 Å². The molecule has 0 aromatic heterocycles. The summed E-state index contributed by atoms with van der Waals surface area (Å²) in [6, 6.07) is -0.648. The van der Waals surface area contributed by atoms with E-state index in [0.29, 0.717) is 19.4 Å². The molecule has 0 aliphatic heterocycles. The van der Waals surface area contributed by atoms with Crippen molar-refractivity contribution in [2.75, 3.05) is 13.2 Å². The maximum absolute atomic E-state index is 12.5. The summed E-state index contributed by atoms with van der Waals surface area (Å²) < 4.78 is 5.46. The molecule has 0 saturated carbocycles. The first kappa shape index (κ1) is 66.1. The third-order valence-electron chi connectivity index (χ3n) is 13.9. The van der Waals surface area contributed by atoms with Gasteiger partial charge in [-0.25, -0.2) is 0 Å². The molecule has 0 rings (SSSR count). The number of carbonyl (C=O) groups excluding carboxylic acids is 2. The number of esters is 1. The predicted octanol–water partition coefficient (Wildman–Crippen LogP) is 18.8. The molecule has 0 aromatic carbocycles. The summed E-state index contributed by atoms with van der Waals surface area (Å²) in [5.74, 6) is -0.119. The number of nitrogens with one attached hydrogen (secondary N) is 1. The Balaban J connectivity index is 3.52. The SMILES string of the molecule is CCCCCCCCC/C=C\CCCCCCCCCC(=O)OCCCCC/C=C\CCCCCCCC(=O)NC(CO)C(O)/C=C/CCCCCCCCCCCCCCCCCCCCC. The van der Waals surface area contributed by atoms with Crippen LogP contribution in [-0.4, -0.2) is 47.4 Å². The summed E-state index contributed by atoms with van der Waals surface area (Å²) in [6.07, 6.45) is 71.7. The van der Waals surface area contributed by atoms with Gasteiger partial charge in [0.15, 0.2) is 0 Å². The minimum atomic E-state index is -0.862. The van der Waals surface area contributed by atoms with Crippen LogP contribution >= 0.6 is 0 Å². The van der Waals surface area contributed by atoms with Gasteiger partial charge in [-0.3, -0.25) is 9.59 Å². The van der Waals surface area contributed by atoms with Gasteiger partial charge in [0.1, 0.15) is 0 Å². The van der Waals surface area contributed by atoms with Gasteiger partial charge in [-0.1, -0.05) is 256 Å². The van der Waals surface area contributed by atoms with Crippen LogP contribution in [0.4, 0.5) is 0 Å². The Hall–Kier alpha value is -1.92. The van der Waals surface area contributed by atoms with Crippen LogP contribution in [0.15, 0.2) is 36.5 Å². The van der Waals surface area contributed by atoms with Crippen LogP contribution in [-0.2, 0) is 14.3 Å². The van der Waals surface area contributed by atoms with Crippen molar-refractivity contribution >= 4 is 11.9 Å². The number of allylic oxidation sites excluding steroid dienone is 5. The summed E-state index contributed by atoms with van der Waals surface area (Å²) in [5.41, 5.74) is 0. The lowest BCUT2D eigenvalue weighted by atomic mass is 10.0. The highest BCUT2D eigenvalue weighted by Crippen LogP contribution is 2.17. The quantitative estimate of drug-likeness (QED) is 0.0321. The van der Waals surface area contributed by atoms with Gasteiger partial charge in [-0.05, 0) is 89.9 Å². The van der Waals surface area contributed by atoms with Crippen LogP contribution in [0, 0.1) is 0 Å². The summed E-state index contributed by atoms with van der Waals surface area (Å²) >= 11 is 0. The molecular formula is C62H117NO5. The van der Waals surface area contributed by atoms with Crippen molar-refractivity contribution < 1.29 is 24.5 Å². The van der Waals surface area contributed by atoms with Crippen LogP contribution < -0.4 is 5.32 Å². The van der Waals surface area contributed by atoms with Crippen molar-refractivity contribution in [2.45, 2.75) is 334 Å². The Labute approximate surface area is 424 Å². The number of ether oxygens (including phenoxy) is 1. The van der Waals surface area contributed by atoms with E-state index in [-0.39, 0.29) is 18.5 Å². The van der Waals surface area contributed by atoms with Crippen LogP contribution in [0.1, 0.15) is 322 Å². The number of aliphatic hydroxyl groups excluding tert-OH is 2. The first-order valence-electron chi connectivity index (χ1n) is 30.3. The molecule has 0 fully saturated rings. The van der Waals surface area contributed by atoms with Gasteiger partial charge in [-0.15, -0.1) is 0 Å². The Bertz CT molecular complexity index is 1100. The highest BCUT2D eigenvalue weighted by molar-refractivity contribution is 5.76. The van der Waals surface area contributed by atoms with Gasteiger partial charge in [-0.2, -0.15) is 0 Å². The molecule has 0 heterocycles. The minimum Gasteiger partial charge on any atom is -0.466 e. The topological polar surface area (TPSA) is 95.9 Å². The first-order valence-corrected chi connectivity index (χ1v) is 30.3. The van der Waals surface area contributed by atoms with Crippen LogP contribution in [0.3, 0.4) is 0 Å². The van der Waals surface area contributed by atoms with E-state index in [4.69, 9.17) is 4.74 Å². The molecule has 400 valence electrons. The van der Waals surface area contributed by atoms with Crippen molar-refractivity contribution in [3.05, 3.63) is 36.5 Å². The molecule has 2 unspecified atom stereocenters.